The second-order valence-corrected chi connectivity index (χ2v) is 10.1. The predicted octanol–water partition coefficient (Wildman–Crippen LogP) is 3.34. The molecule has 0 aromatic carbocycles. The van der Waals surface area contributed by atoms with Crippen LogP contribution in [0, 0.1) is 11.8 Å². The maximum Gasteiger partial charge on any atom is 0.260 e. The van der Waals surface area contributed by atoms with Crippen molar-refractivity contribution in [3.05, 3.63) is 23.3 Å². The van der Waals surface area contributed by atoms with Gasteiger partial charge in [-0.1, -0.05) is 33.1 Å². The number of nitrogens with zero attached hydrogens (tertiary/aromatic N) is 4. The van der Waals surface area contributed by atoms with Gasteiger partial charge >= 0.3 is 0 Å². The lowest BCUT2D eigenvalue weighted by molar-refractivity contribution is -0.126. The Kier molecular flexibility index (Phi) is 8.48. The molecule has 4 atom stereocenters. The number of nitrogens with one attached hydrogen (secondary N) is 2. The fourth-order valence-corrected chi connectivity index (χ4v) is 5.00. The van der Waals surface area contributed by atoms with E-state index in [0.717, 1.165) is 25.7 Å². The number of rotatable bonds is 11. The number of carbonyl (C=O) groups is 2. The molecule has 198 valence electrons. The Bertz CT molecular complexity index is 1060. The number of halogens is 2. The molecule has 2 saturated heterocycles. The van der Waals surface area contributed by atoms with E-state index in [2.05, 4.69) is 39.5 Å². The van der Waals surface area contributed by atoms with Gasteiger partial charge in [-0.3, -0.25) is 9.59 Å². The molecule has 36 heavy (non-hydrogen) atoms. The number of hydrogen-bond acceptors (Lipinski definition) is 6. The lowest BCUT2D eigenvalue weighted by Crippen LogP contribution is -2.39. The third-order valence-corrected chi connectivity index (χ3v) is 7.49. The minimum absolute atomic E-state index is 0.0112. The monoisotopic (exact) mass is 506 g/mol. The first-order chi connectivity index (χ1) is 17.3. The molecule has 0 spiro atoms. The largest absolute Gasteiger partial charge is 0.380 e. The molecule has 11 heteroatoms. The molecule has 2 fully saturated rings. The number of hydrogen-bond donors (Lipinski definition) is 2. The van der Waals surface area contributed by atoms with Crippen LogP contribution in [0.4, 0.5) is 8.78 Å². The fraction of sp³-hybridized carbons (Fsp3) is 0.720. The molecule has 9 nitrogen and oxygen atoms in total. The zero-order chi connectivity index (χ0) is 25.7. The van der Waals surface area contributed by atoms with Crippen LogP contribution in [0.2, 0.25) is 0 Å². The maximum absolute atomic E-state index is 15.0. The van der Waals surface area contributed by atoms with E-state index in [0.29, 0.717) is 43.1 Å². The lowest BCUT2D eigenvalue weighted by atomic mass is 9.88. The summed E-state index contributed by atoms with van der Waals surface area (Å²) < 4.78 is 36.8. The first-order valence-corrected chi connectivity index (χ1v) is 13.0. The number of fused-ring (bicyclic) bond motifs is 1. The molecule has 0 saturated carbocycles. The Morgan fingerprint density at radius 1 is 1.36 bits per heavy atom. The van der Waals surface area contributed by atoms with Crippen molar-refractivity contribution >= 4 is 18.1 Å². The van der Waals surface area contributed by atoms with Gasteiger partial charge in [-0.25, -0.2) is 23.3 Å². The highest BCUT2D eigenvalue weighted by Gasteiger charge is 2.46. The van der Waals surface area contributed by atoms with Gasteiger partial charge in [0.15, 0.2) is 0 Å². The van der Waals surface area contributed by atoms with Gasteiger partial charge in [0.1, 0.15) is 0 Å². The van der Waals surface area contributed by atoms with E-state index < -0.39 is 18.3 Å². The van der Waals surface area contributed by atoms with Crippen molar-refractivity contribution in [1.82, 2.24) is 30.2 Å². The second-order valence-electron chi connectivity index (χ2n) is 10.1. The van der Waals surface area contributed by atoms with E-state index in [1.165, 1.54) is 4.52 Å². The van der Waals surface area contributed by atoms with Crippen molar-refractivity contribution in [3.63, 3.8) is 0 Å². The molecule has 2 aromatic rings. The third-order valence-electron chi connectivity index (χ3n) is 7.49. The Morgan fingerprint density at radius 3 is 2.92 bits per heavy atom. The van der Waals surface area contributed by atoms with Crippen LogP contribution in [0.3, 0.4) is 0 Å². The number of imidazole rings is 1. The average Bonchev–Trinajstić information content (AvgIpc) is 3.27. The van der Waals surface area contributed by atoms with E-state index in [9.17, 15) is 18.4 Å². The molecule has 0 bridgehead atoms. The van der Waals surface area contributed by atoms with Crippen LogP contribution in [-0.2, 0) is 20.7 Å². The smallest absolute Gasteiger partial charge is 0.260 e. The summed E-state index contributed by atoms with van der Waals surface area (Å²) in [7, 11) is 0. The molecule has 4 heterocycles. The van der Waals surface area contributed by atoms with Gasteiger partial charge in [0.2, 0.25) is 12.3 Å². The van der Waals surface area contributed by atoms with E-state index in [1.54, 1.807) is 6.20 Å². The van der Waals surface area contributed by atoms with Crippen LogP contribution in [0.1, 0.15) is 87.8 Å². The van der Waals surface area contributed by atoms with Crippen LogP contribution in [0.15, 0.2) is 6.20 Å². The van der Waals surface area contributed by atoms with Crippen LogP contribution < -0.4 is 10.6 Å². The number of ether oxygens (including phenoxy) is 1. The van der Waals surface area contributed by atoms with Crippen LogP contribution in [-0.4, -0.2) is 57.6 Å². The van der Waals surface area contributed by atoms with Gasteiger partial charge < -0.3 is 15.4 Å². The van der Waals surface area contributed by atoms with E-state index >= 15 is 0 Å². The number of alkyl halides is 2. The van der Waals surface area contributed by atoms with Crippen molar-refractivity contribution in [2.45, 2.75) is 83.1 Å². The molecular weight excluding hydrogens is 470 g/mol. The quantitative estimate of drug-likeness (QED) is 0.453. The standard InChI is InChI=1S/C25H36F2N6O3/c1-3-16(2)6-4-8-19(29-15-34)21-13-33-24(30-21)31-22(18-14-36-11-9-25(18,26)27)20(32-33)12-17-7-5-10-28-23(17)35/h13,15-19H,3-12,14H2,1-2H3,(H,28,35)(H,29,34). The predicted molar refractivity (Wildman–Crippen MR) is 129 cm³/mol. The number of aromatic nitrogens is 4. The van der Waals surface area contributed by atoms with Gasteiger partial charge in [0.05, 0.1) is 48.5 Å². The summed E-state index contributed by atoms with van der Waals surface area (Å²) in [5, 5.41) is 10.3. The highest BCUT2D eigenvalue weighted by molar-refractivity contribution is 5.79. The maximum atomic E-state index is 15.0. The highest BCUT2D eigenvalue weighted by Crippen LogP contribution is 2.40. The van der Waals surface area contributed by atoms with Gasteiger partial charge in [-0.15, -0.1) is 0 Å². The molecule has 2 aliphatic heterocycles. The van der Waals surface area contributed by atoms with E-state index in [1.807, 2.05) is 0 Å². The van der Waals surface area contributed by atoms with Crippen molar-refractivity contribution in [2.75, 3.05) is 19.8 Å². The minimum atomic E-state index is -3.00. The van der Waals surface area contributed by atoms with Gasteiger partial charge in [0.25, 0.3) is 11.7 Å². The van der Waals surface area contributed by atoms with E-state index in [4.69, 9.17) is 4.74 Å². The summed E-state index contributed by atoms with van der Waals surface area (Å²) in [6.07, 6.45) is 7.39. The first kappa shape index (κ1) is 26.4. The summed E-state index contributed by atoms with van der Waals surface area (Å²) in [6, 6.07) is -0.328. The SMILES string of the molecule is CCC(C)CCCC(NC=O)c1cn2nc(CC3CCCNC3=O)c(C3COCCC3(F)F)nc2n1. The molecule has 4 rings (SSSR count). The Balaban J connectivity index is 1.68. The molecular formula is C25H36F2N6O3. The number of carbonyl (C=O) groups excluding carboxylic acids is 2. The van der Waals surface area contributed by atoms with Crippen LogP contribution in [0.5, 0.6) is 0 Å². The van der Waals surface area contributed by atoms with E-state index in [-0.39, 0.29) is 49.0 Å². The third kappa shape index (κ3) is 5.99. The van der Waals surface area contributed by atoms with Gasteiger partial charge in [0, 0.05) is 25.3 Å². The second kappa shape index (κ2) is 11.6. The van der Waals surface area contributed by atoms with Crippen molar-refractivity contribution in [2.24, 2.45) is 11.8 Å². The highest BCUT2D eigenvalue weighted by atomic mass is 19.3. The summed E-state index contributed by atoms with van der Waals surface area (Å²) in [6.45, 7) is 4.79. The zero-order valence-electron chi connectivity index (χ0n) is 21.0. The summed E-state index contributed by atoms with van der Waals surface area (Å²) in [5.41, 5.74) is 1.08. The zero-order valence-corrected chi connectivity index (χ0v) is 21.0. The topological polar surface area (TPSA) is 111 Å². The van der Waals surface area contributed by atoms with Gasteiger partial charge in [-0.05, 0) is 25.2 Å². The average molecular weight is 507 g/mol. The molecule has 2 N–H and O–H groups in total. The lowest BCUT2D eigenvalue weighted by Gasteiger charge is -2.32. The molecule has 2 amide bonds. The minimum Gasteiger partial charge on any atom is -0.380 e. The van der Waals surface area contributed by atoms with Crippen LogP contribution >= 0.6 is 0 Å². The number of amides is 2. The normalized spacial score (nSPS) is 23.7. The van der Waals surface area contributed by atoms with Crippen LogP contribution in [0.25, 0.3) is 5.78 Å². The summed E-state index contributed by atoms with van der Waals surface area (Å²) >= 11 is 0. The molecule has 2 aliphatic rings. The van der Waals surface area contributed by atoms with Crippen molar-refractivity contribution in [3.8, 4) is 0 Å². The summed E-state index contributed by atoms with van der Waals surface area (Å²) in [4.78, 5) is 32.8. The number of piperidine rings is 1. The molecule has 0 radical (unpaired) electrons. The molecule has 2 aromatic heterocycles. The Hall–Kier alpha value is -2.69. The Labute approximate surface area is 209 Å². The first-order valence-electron chi connectivity index (χ1n) is 13.0. The Morgan fingerprint density at radius 2 is 2.19 bits per heavy atom. The molecule has 4 unspecified atom stereocenters. The summed E-state index contributed by atoms with van der Waals surface area (Å²) in [5.74, 6) is -3.92. The van der Waals surface area contributed by atoms with Crippen molar-refractivity contribution < 1.29 is 23.1 Å². The fourth-order valence-electron chi connectivity index (χ4n) is 5.00. The van der Waals surface area contributed by atoms with Gasteiger partial charge in [-0.2, -0.15) is 5.10 Å². The molecule has 0 aliphatic carbocycles. The van der Waals surface area contributed by atoms with Crippen molar-refractivity contribution in [1.29, 1.82) is 0 Å².